The molecule has 1 aliphatic heterocycles. The molecule has 11 heteroatoms. The Bertz CT molecular complexity index is 1320. The van der Waals surface area contributed by atoms with Crippen LogP contribution >= 0.6 is 0 Å². The number of aromatic nitrogens is 2. The largest absolute Gasteiger partial charge is 0.465 e. The second-order valence-electron chi connectivity index (χ2n) is 8.38. The molecule has 0 saturated carbocycles. The van der Waals surface area contributed by atoms with Gasteiger partial charge in [0.05, 0.1) is 19.4 Å². The minimum atomic E-state index is -3.38. The van der Waals surface area contributed by atoms with E-state index in [0.29, 0.717) is 30.0 Å². The zero-order valence-corrected chi connectivity index (χ0v) is 20.0. The van der Waals surface area contributed by atoms with E-state index in [1.807, 2.05) is 22.9 Å². The number of carbonyl (C=O) groups excluding carboxylic acids is 2. The van der Waals surface area contributed by atoms with Gasteiger partial charge in [0.25, 0.3) is 0 Å². The maximum absolute atomic E-state index is 12.2. The number of aldehydes is 1. The number of anilines is 3. The van der Waals surface area contributed by atoms with Crippen molar-refractivity contribution in [2.75, 3.05) is 41.5 Å². The number of rotatable bonds is 7. The number of pyridine rings is 1. The van der Waals surface area contributed by atoms with Crippen LogP contribution in [0.2, 0.25) is 0 Å². The van der Waals surface area contributed by atoms with E-state index >= 15 is 0 Å². The summed E-state index contributed by atoms with van der Waals surface area (Å²) in [5.74, 6) is 0.855. The number of hydrogen-bond donors (Lipinski definition) is 2. The van der Waals surface area contributed by atoms with Crippen molar-refractivity contribution in [2.45, 2.75) is 24.9 Å². The fourth-order valence-electron chi connectivity index (χ4n) is 4.43. The molecule has 34 heavy (non-hydrogen) atoms. The van der Waals surface area contributed by atoms with Crippen LogP contribution in [0.25, 0.3) is 10.9 Å². The zero-order chi connectivity index (χ0) is 24.5. The number of benzene rings is 1. The number of nitrogens with one attached hydrogen (secondary N) is 2. The molecule has 2 atom stereocenters. The molecule has 2 unspecified atom stereocenters. The number of hydrogen-bond acceptors (Lipinski definition) is 8. The summed E-state index contributed by atoms with van der Waals surface area (Å²) in [7, 11) is -0.170. The standard InChI is InChI=1S/C23H27N5O5S/c1-27(22-19(23(30)33-2)5-4-9-24-22)17-8-10-28(18(13-17)14-29)21-12-15-11-16(26-34(3,31)32)6-7-20(15)25-21/h4-7,9,11-12,14,17-18,25-26H,8,10,13H2,1-3H3. The molecule has 4 rings (SSSR count). The van der Waals surface area contributed by atoms with Crippen LogP contribution in [0.3, 0.4) is 0 Å². The fourth-order valence-corrected chi connectivity index (χ4v) is 4.98. The highest BCUT2D eigenvalue weighted by molar-refractivity contribution is 7.92. The smallest absolute Gasteiger partial charge is 0.341 e. The Labute approximate surface area is 198 Å². The van der Waals surface area contributed by atoms with Crippen molar-refractivity contribution in [3.63, 3.8) is 0 Å². The molecule has 0 aliphatic carbocycles. The maximum Gasteiger partial charge on any atom is 0.341 e. The van der Waals surface area contributed by atoms with E-state index < -0.39 is 16.0 Å². The third kappa shape index (κ3) is 4.84. The number of nitrogens with zero attached hydrogens (tertiary/aromatic N) is 3. The average Bonchev–Trinajstić information content (AvgIpc) is 3.24. The molecule has 0 amide bonds. The summed E-state index contributed by atoms with van der Waals surface area (Å²) < 4.78 is 30.4. The van der Waals surface area contributed by atoms with E-state index in [1.54, 1.807) is 36.5 Å². The van der Waals surface area contributed by atoms with Crippen LogP contribution in [0.5, 0.6) is 0 Å². The Morgan fingerprint density at radius 1 is 1.32 bits per heavy atom. The van der Waals surface area contributed by atoms with Gasteiger partial charge in [0, 0.05) is 42.4 Å². The molecule has 1 fully saturated rings. The summed E-state index contributed by atoms with van der Waals surface area (Å²) in [4.78, 5) is 35.9. The molecule has 0 bridgehead atoms. The first-order valence-corrected chi connectivity index (χ1v) is 12.7. The van der Waals surface area contributed by atoms with Crippen LogP contribution in [-0.2, 0) is 19.6 Å². The minimum Gasteiger partial charge on any atom is -0.465 e. The molecule has 10 nitrogen and oxygen atoms in total. The van der Waals surface area contributed by atoms with Gasteiger partial charge in [-0.15, -0.1) is 0 Å². The maximum atomic E-state index is 12.2. The monoisotopic (exact) mass is 485 g/mol. The topological polar surface area (TPSA) is 125 Å². The van der Waals surface area contributed by atoms with Crippen LogP contribution < -0.4 is 14.5 Å². The summed E-state index contributed by atoms with van der Waals surface area (Å²) in [5, 5.41) is 0.837. The second kappa shape index (κ2) is 9.34. The van der Waals surface area contributed by atoms with Crippen LogP contribution in [0.1, 0.15) is 23.2 Å². The number of sulfonamides is 1. The quantitative estimate of drug-likeness (QED) is 0.386. The van der Waals surface area contributed by atoms with E-state index in [1.165, 1.54) is 7.11 Å². The number of H-pyrrole nitrogens is 1. The van der Waals surface area contributed by atoms with Crippen molar-refractivity contribution in [1.82, 2.24) is 9.97 Å². The molecule has 180 valence electrons. The predicted octanol–water partition coefficient (Wildman–Crippen LogP) is 2.39. The number of esters is 1. The summed E-state index contributed by atoms with van der Waals surface area (Å²) in [6.07, 6.45) is 4.96. The zero-order valence-electron chi connectivity index (χ0n) is 19.2. The number of fused-ring (bicyclic) bond motifs is 1. The Balaban J connectivity index is 1.55. The summed E-state index contributed by atoms with van der Waals surface area (Å²) >= 11 is 0. The van der Waals surface area contributed by atoms with Crippen molar-refractivity contribution in [1.29, 1.82) is 0 Å². The van der Waals surface area contributed by atoms with Crippen LogP contribution in [-0.4, -0.2) is 69.7 Å². The molecule has 0 spiro atoms. The molecule has 1 aromatic carbocycles. The molecule has 2 N–H and O–H groups in total. The summed E-state index contributed by atoms with van der Waals surface area (Å²) in [6.45, 7) is 0.611. The fraction of sp³-hybridized carbons (Fsp3) is 0.348. The van der Waals surface area contributed by atoms with Gasteiger partial charge in [-0.25, -0.2) is 18.2 Å². The molecule has 3 heterocycles. The first-order chi connectivity index (χ1) is 16.2. The Morgan fingerprint density at radius 2 is 2.12 bits per heavy atom. The van der Waals surface area contributed by atoms with Crippen molar-refractivity contribution >= 4 is 50.5 Å². The second-order valence-corrected chi connectivity index (χ2v) is 10.1. The van der Waals surface area contributed by atoms with E-state index in [9.17, 15) is 18.0 Å². The van der Waals surface area contributed by atoms with Crippen LogP contribution in [0.15, 0.2) is 42.6 Å². The number of methoxy groups -OCH3 is 1. The van der Waals surface area contributed by atoms with Gasteiger partial charge in [-0.3, -0.25) is 4.72 Å². The lowest BCUT2D eigenvalue weighted by molar-refractivity contribution is -0.109. The van der Waals surface area contributed by atoms with Crippen molar-refractivity contribution in [3.05, 3.63) is 48.2 Å². The SMILES string of the molecule is COC(=O)c1cccnc1N(C)C1CCN(c2cc3cc(NS(C)(=O)=O)ccc3[nH]2)C(C=O)C1. The Morgan fingerprint density at radius 3 is 2.82 bits per heavy atom. The van der Waals surface area contributed by atoms with Crippen LogP contribution in [0.4, 0.5) is 17.3 Å². The van der Waals surface area contributed by atoms with Crippen molar-refractivity contribution in [3.8, 4) is 0 Å². The number of ether oxygens (including phenoxy) is 1. The molecule has 1 aliphatic rings. The molecule has 3 aromatic rings. The first kappa shape index (κ1) is 23.6. The van der Waals surface area contributed by atoms with E-state index in [4.69, 9.17) is 4.74 Å². The molecule has 2 aromatic heterocycles. The normalized spacial score (nSPS) is 18.5. The number of aromatic amines is 1. The van der Waals surface area contributed by atoms with Gasteiger partial charge in [-0.1, -0.05) is 0 Å². The molecular weight excluding hydrogens is 458 g/mol. The third-order valence-electron chi connectivity index (χ3n) is 6.07. The Hall–Kier alpha value is -3.60. The van der Waals surface area contributed by atoms with Gasteiger partial charge in [-0.2, -0.15) is 0 Å². The van der Waals surface area contributed by atoms with Gasteiger partial charge in [0.15, 0.2) is 0 Å². The van der Waals surface area contributed by atoms with Gasteiger partial charge in [0.1, 0.15) is 23.5 Å². The summed E-state index contributed by atoms with van der Waals surface area (Å²) in [6, 6.07) is 10.1. The van der Waals surface area contributed by atoms with Crippen LogP contribution in [0, 0.1) is 0 Å². The molecule has 0 radical (unpaired) electrons. The van der Waals surface area contributed by atoms with Gasteiger partial charge >= 0.3 is 5.97 Å². The predicted molar refractivity (Wildman–Crippen MR) is 131 cm³/mol. The third-order valence-corrected chi connectivity index (χ3v) is 6.67. The van der Waals surface area contributed by atoms with Gasteiger partial charge in [0.2, 0.25) is 10.0 Å². The lowest BCUT2D eigenvalue weighted by Crippen LogP contribution is -2.50. The number of piperidine rings is 1. The van der Waals surface area contributed by atoms with Gasteiger partial charge in [-0.05, 0) is 49.2 Å². The lowest BCUT2D eigenvalue weighted by Gasteiger charge is -2.41. The Kier molecular flexibility index (Phi) is 6.47. The van der Waals surface area contributed by atoms with E-state index in [0.717, 1.165) is 35.7 Å². The minimum absolute atomic E-state index is 0.000280. The highest BCUT2D eigenvalue weighted by atomic mass is 32.2. The van der Waals surface area contributed by atoms with E-state index in [2.05, 4.69) is 14.7 Å². The molecule has 1 saturated heterocycles. The first-order valence-electron chi connectivity index (χ1n) is 10.8. The number of carbonyl (C=O) groups is 2. The summed E-state index contributed by atoms with van der Waals surface area (Å²) in [5.41, 5.74) is 1.70. The average molecular weight is 486 g/mol. The highest BCUT2D eigenvalue weighted by Gasteiger charge is 2.33. The van der Waals surface area contributed by atoms with Crippen molar-refractivity contribution < 1.29 is 22.7 Å². The van der Waals surface area contributed by atoms with Crippen molar-refractivity contribution in [2.24, 2.45) is 0 Å². The molecular formula is C23H27N5O5S. The van der Waals surface area contributed by atoms with E-state index in [-0.39, 0.29) is 12.1 Å². The highest BCUT2D eigenvalue weighted by Crippen LogP contribution is 2.31. The van der Waals surface area contributed by atoms with Gasteiger partial charge < -0.3 is 24.3 Å². The lowest BCUT2D eigenvalue weighted by atomic mass is 9.96.